The molecule has 1 saturated carbocycles. The lowest BCUT2D eigenvalue weighted by Gasteiger charge is -2.17. The predicted octanol–water partition coefficient (Wildman–Crippen LogP) is 1.56. The van der Waals surface area contributed by atoms with Crippen LogP contribution in [0.2, 0.25) is 0 Å². The zero-order valence-corrected chi connectivity index (χ0v) is 9.16. The molecule has 0 amide bonds. The summed E-state index contributed by atoms with van der Waals surface area (Å²) in [5.74, 6) is 1.77. The SMILES string of the molecule is COC(=O)CC(CN)CC(C)C1CC1. The van der Waals surface area contributed by atoms with E-state index in [1.165, 1.54) is 20.0 Å². The molecule has 2 atom stereocenters. The van der Waals surface area contributed by atoms with E-state index in [4.69, 9.17) is 5.73 Å². The molecule has 1 rings (SSSR count). The molecule has 82 valence electrons. The van der Waals surface area contributed by atoms with Crippen molar-refractivity contribution in [2.45, 2.75) is 32.6 Å². The monoisotopic (exact) mass is 199 g/mol. The predicted molar refractivity (Wildman–Crippen MR) is 55.7 cm³/mol. The molecule has 0 aromatic rings. The Balaban J connectivity index is 2.26. The van der Waals surface area contributed by atoms with Gasteiger partial charge in [-0.05, 0) is 43.6 Å². The molecule has 0 saturated heterocycles. The fourth-order valence-electron chi connectivity index (χ4n) is 1.97. The van der Waals surface area contributed by atoms with Gasteiger partial charge < -0.3 is 10.5 Å². The molecule has 14 heavy (non-hydrogen) atoms. The van der Waals surface area contributed by atoms with Crippen molar-refractivity contribution >= 4 is 5.97 Å². The van der Waals surface area contributed by atoms with Gasteiger partial charge >= 0.3 is 5.97 Å². The Bertz CT molecular complexity index is 190. The van der Waals surface area contributed by atoms with Crippen LogP contribution in [0.25, 0.3) is 0 Å². The van der Waals surface area contributed by atoms with Crippen LogP contribution < -0.4 is 5.73 Å². The quantitative estimate of drug-likeness (QED) is 0.660. The molecule has 2 unspecified atom stereocenters. The summed E-state index contributed by atoms with van der Waals surface area (Å²) in [7, 11) is 1.43. The Morgan fingerprint density at radius 2 is 2.21 bits per heavy atom. The topological polar surface area (TPSA) is 52.3 Å². The van der Waals surface area contributed by atoms with E-state index in [0.29, 0.717) is 24.8 Å². The lowest BCUT2D eigenvalue weighted by Crippen LogP contribution is -2.21. The Hall–Kier alpha value is -0.570. The highest BCUT2D eigenvalue weighted by Gasteiger charge is 2.29. The summed E-state index contributed by atoms with van der Waals surface area (Å²) >= 11 is 0. The molecule has 3 heteroatoms. The summed E-state index contributed by atoms with van der Waals surface area (Å²) in [6, 6.07) is 0. The number of carbonyl (C=O) groups excluding carboxylic acids is 1. The van der Waals surface area contributed by atoms with Crippen molar-refractivity contribution in [2.24, 2.45) is 23.5 Å². The van der Waals surface area contributed by atoms with Crippen LogP contribution in [0.15, 0.2) is 0 Å². The lowest BCUT2D eigenvalue weighted by molar-refractivity contribution is -0.141. The van der Waals surface area contributed by atoms with E-state index < -0.39 is 0 Å². The van der Waals surface area contributed by atoms with Crippen molar-refractivity contribution in [3.05, 3.63) is 0 Å². The molecule has 0 spiro atoms. The van der Waals surface area contributed by atoms with Crippen molar-refractivity contribution < 1.29 is 9.53 Å². The Morgan fingerprint density at radius 3 is 2.64 bits per heavy atom. The minimum absolute atomic E-state index is 0.136. The van der Waals surface area contributed by atoms with E-state index in [0.717, 1.165) is 12.3 Å². The van der Waals surface area contributed by atoms with E-state index in [1.807, 2.05) is 0 Å². The maximum atomic E-state index is 11.1. The van der Waals surface area contributed by atoms with E-state index in [9.17, 15) is 4.79 Å². The third-order valence-corrected chi connectivity index (χ3v) is 3.15. The first-order valence-electron chi connectivity index (χ1n) is 5.44. The number of rotatable bonds is 6. The van der Waals surface area contributed by atoms with Gasteiger partial charge in [0.05, 0.1) is 7.11 Å². The summed E-state index contributed by atoms with van der Waals surface area (Å²) in [4.78, 5) is 11.1. The third-order valence-electron chi connectivity index (χ3n) is 3.15. The van der Waals surface area contributed by atoms with Crippen LogP contribution in [-0.2, 0) is 9.53 Å². The van der Waals surface area contributed by atoms with Gasteiger partial charge in [-0.2, -0.15) is 0 Å². The first-order chi connectivity index (χ1) is 6.67. The molecule has 3 nitrogen and oxygen atoms in total. The molecule has 0 heterocycles. The van der Waals surface area contributed by atoms with E-state index >= 15 is 0 Å². The van der Waals surface area contributed by atoms with Gasteiger partial charge in [0, 0.05) is 6.42 Å². The molecular formula is C11H21NO2. The number of nitrogens with two attached hydrogens (primary N) is 1. The summed E-state index contributed by atoms with van der Waals surface area (Å²) < 4.78 is 4.65. The van der Waals surface area contributed by atoms with Crippen LogP contribution in [-0.4, -0.2) is 19.6 Å². The smallest absolute Gasteiger partial charge is 0.305 e. The van der Waals surface area contributed by atoms with Gasteiger partial charge in [0.25, 0.3) is 0 Å². The molecule has 0 aromatic heterocycles. The Morgan fingerprint density at radius 1 is 1.57 bits per heavy atom. The van der Waals surface area contributed by atoms with Gasteiger partial charge in [-0.25, -0.2) is 0 Å². The fourth-order valence-corrected chi connectivity index (χ4v) is 1.97. The summed E-state index contributed by atoms with van der Waals surface area (Å²) in [5.41, 5.74) is 5.64. The number of ether oxygens (including phenoxy) is 1. The average molecular weight is 199 g/mol. The Labute approximate surface area is 86.0 Å². The van der Waals surface area contributed by atoms with Crippen molar-refractivity contribution in [2.75, 3.05) is 13.7 Å². The number of hydrogen-bond acceptors (Lipinski definition) is 3. The summed E-state index contributed by atoms with van der Waals surface area (Å²) in [5, 5.41) is 0. The first-order valence-corrected chi connectivity index (χ1v) is 5.44. The van der Waals surface area contributed by atoms with Crippen LogP contribution in [0.5, 0.6) is 0 Å². The number of methoxy groups -OCH3 is 1. The van der Waals surface area contributed by atoms with E-state index in [2.05, 4.69) is 11.7 Å². The van der Waals surface area contributed by atoms with Gasteiger partial charge in [0.2, 0.25) is 0 Å². The fraction of sp³-hybridized carbons (Fsp3) is 0.909. The maximum Gasteiger partial charge on any atom is 0.305 e. The lowest BCUT2D eigenvalue weighted by atomic mass is 9.90. The minimum atomic E-state index is -0.136. The van der Waals surface area contributed by atoms with Gasteiger partial charge in [0.1, 0.15) is 0 Å². The second-order valence-corrected chi connectivity index (χ2v) is 4.43. The highest BCUT2D eigenvalue weighted by atomic mass is 16.5. The largest absolute Gasteiger partial charge is 0.469 e. The standard InChI is InChI=1S/C11H21NO2/c1-8(10-3-4-10)5-9(7-12)6-11(13)14-2/h8-10H,3-7,12H2,1-2H3. The first kappa shape index (κ1) is 11.5. The molecule has 0 aliphatic heterocycles. The molecule has 1 fully saturated rings. The highest BCUT2D eigenvalue weighted by molar-refractivity contribution is 5.69. The van der Waals surface area contributed by atoms with Crippen LogP contribution in [0, 0.1) is 17.8 Å². The number of hydrogen-bond donors (Lipinski definition) is 1. The summed E-state index contributed by atoms with van der Waals surface area (Å²) in [6.07, 6.45) is 4.26. The molecule has 0 aromatic carbocycles. The van der Waals surface area contributed by atoms with E-state index in [-0.39, 0.29) is 5.97 Å². The zero-order chi connectivity index (χ0) is 10.6. The molecule has 0 bridgehead atoms. The van der Waals surface area contributed by atoms with Crippen LogP contribution in [0.3, 0.4) is 0 Å². The normalized spacial score (nSPS) is 20.2. The molecule has 1 aliphatic rings. The van der Waals surface area contributed by atoms with Gasteiger partial charge in [-0.3, -0.25) is 4.79 Å². The number of carbonyl (C=O) groups is 1. The van der Waals surface area contributed by atoms with Crippen LogP contribution in [0.4, 0.5) is 0 Å². The third kappa shape index (κ3) is 3.66. The molecule has 2 N–H and O–H groups in total. The summed E-state index contributed by atoms with van der Waals surface area (Å²) in [6.45, 7) is 2.85. The van der Waals surface area contributed by atoms with Crippen molar-refractivity contribution in [1.29, 1.82) is 0 Å². The van der Waals surface area contributed by atoms with Gasteiger partial charge in [-0.1, -0.05) is 6.92 Å². The minimum Gasteiger partial charge on any atom is -0.469 e. The van der Waals surface area contributed by atoms with Crippen LogP contribution >= 0.6 is 0 Å². The second-order valence-electron chi connectivity index (χ2n) is 4.43. The average Bonchev–Trinajstić information content (AvgIpc) is 2.99. The van der Waals surface area contributed by atoms with Gasteiger partial charge in [-0.15, -0.1) is 0 Å². The van der Waals surface area contributed by atoms with Crippen LogP contribution in [0.1, 0.15) is 32.6 Å². The highest BCUT2D eigenvalue weighted by Crippen LogP contribution is 2.39. The Kier molecular flexibility index (Phi) is 4.39. The van der Waals surface area contributed by atoms with Gasteiger partial charge in [0.15, 0.2) is 0 Å². The maximum absolute atomic E-state index is 11.1. The number of esters is 1. The van der Waals surface area contributed by atoms with Crippen molar-refractivity contribution in [3.63, 3.8) is 0 Å². The van der Waals surface area contributed by atoms with E-state index in [1.54, 1.807) is 0 Å². The molecular weight excluding hydrogens is 178 g/mol. The molecule has 0 radical (unpaired) electrons. The second kappa shape index (κ2) is 5.35. The zero-order valence-electron chi connectivity index (χ0n) is 9.16. The molecule has 1 aliphatic carbocycles. The van der Waals surface area contributed by atoms with Crippen molar-refractivity contribution in [3.8, 4) is 0 Å². The van der Waals surface area contributed by atoms with Crippen molar-refractivity contribution in [1.82, 2.24) is 0 Å².